The van der Waals surface area contributed by atoms with Crippen molar-refractivity contribution in [3.05, 3.63) is 23.8 Å². The van der Waals surface area contributed by atoms with Crippen molar-refractivity contribution in [2.75, 3.05) is 7.11 Å². The number of hydrogen-bond donors (Lipinski definition) is 0. The van der Waals surface area contributed by atoms with Gasteiger partial charge in [0.05, 0.1) is 7.11 Å². The van der Waals surface area contributed by atoms with Gasteiger partial charge in [0.15, 0.2) is 5.69 Å². The van der Waals surface area contributed by atoms with Crippen LogP contribution in [0.4, 0.5) is 13.2 Å². The van der Waals surface area contributed by atoms with Gasteiger partial charge in [0.2, 0.25) is 0 Å². The predicted octanol–water partition coefficient (Wildman–Crippen LogP) is 1.28. The van der Waals surface area contributed by atoms with Crippen LogP contribution in [0.2, 0.25) is 0 Å². The molecule has 0 unspecified atom stereocenters. The number of carbonyl (C=O) groups is 1. The van der Waals surface area contributed by atoms with Gasteiger partial charge in [0, 0.05) is 6.20 Å². The molecule has 0 N–H and O–H groups in total. The molecule has 0 aliphatic heterocycles. The first-order valence-corrected chi connectivity index (χ1v) is 3.42. The summed E-state index contributed by atoms with van der Waals surface area (Å²) < 4.78 is 40.9. The second-order valence-corrected chi connectivity index (χ2v) is 2.27. The number of ether oxygens (including phenoxy) is 1. The van der Waals surface area contributed by atoms with Gasteiger partial charge in [-0.25, -0.2) is 14.8 Å². The second kappa shape index (κ2) is 3.60. The van der Waals surface area contributed by atoms with Gasteiger partial charge in [-0.3, -0.25) is 0 Å². The van der Waals surface area contributed by atoms with Crippen LogP contribution in [0.5, 0.6) is 0 Å². The van der Waals surface area contributed by atoms with Gasteiger partial charge in [0.1, 0.15) is 11.9 Å². The first-order valence-electron chi connectivity index (χ1n) is 3.42. The summed E-state index contributed by atoms with van der Waals surface area (Å²) in [5.74, 6) is -1.14. The maximum atomic E-state index is 12.3. The summed E-state index contributed by atoms with van der Waals surface area (Å²) in [6, 6.07) is 0. The van der Waals surface area contributed by atoms with Crippen LogP contribution < -0.4 is 0 Å². The summed E-state index contributed by atoms with van der Waals surface area (Å²) in [4.78, 5) is 17.3. The monoisotopic (exact) mass is 206 g/mol. The smallest absolute Gasteiger partial charge is 0.420 e. The number of nitrogens with zero attached hydrogens (tertiary/aromatic N) is 2. The van der Waals surface area contributed by atoms with Crippen LogP contribution in [0.1, 0.15) is 16.1 Å². The minimum Gasteiger partial charge on any atom is -0.464 e. The molecule has 0 aliphatic rings. The van der Waals surface area contributed by atoms with E-state index < -0.39 is 23.4 Å². The number of alkyl halides is 3. The number of rotatable bonds is 1. The lowest BCUT2D eigenvalue weighted by Crippen LogP contribution is -2.16. The molecular weight excluding hydrogens is 201 g/mol. The Morgan fingerprint density at radius 1 is 1.50 bits per heavy atom. The highest BCUT2D eigenvalue weighted by molar-refractivity contribution is 5.88. The van der Waals surface area contributed by atoms with E-state index in [1.165, 1.54) is 0 Å². The third kappa shape index (κ3) is 1.98. The van der Waals surface area contributed by atoms with E-state index in [2.05, 4.69) is 14.7 Å². The Morgan fingerprint density at radius 3 is 2.64 bits per heavy atom. The van der Waals surface area contributed by atoms with Crippen molar-refractivity contribution in [1.29, 1.82) is 0 Å². The van der Waals surface area contributed by atoms with Crippen LogP contribution in [0.15, 0.2) is 12.5 Å². The zero-order valence-corrected chi connectivity index (χ0v) is 7.00. The standard InChI is InChI=1S/C7H5F3N2O2/c1-14-6(13)5-4(7(8,9)10)2-11-3-12-5/h2-3H,1H3. The van der Waals surface area contributed by atoms with Crippen LogP contribution in [0, 0.1) is 0 Å². The van der Waals surface area contributed by atoms with E-state index in [9.17, 15) is 18.0 Å². The van der Waals surface area contributed by atoms with Gasteiger partial charge in [0.25, 0.3) is 0 Å². The van der Waals surface area contributed by atoms with Gasteiger partial charge in [-0.1, -0.05) is 0 Å². The quantitative estimate of drug-likeness (QED) is 0.649. The first kappa shape index (κ1) is 10.4. The summed E-state index contributed by atoms with van der Waals surface area (Å²) >= 11 is 0. The van der Waals surface area contributed by atoms with E-state index in [-0.39, 0.29) is 0 Å². The Hall–Kier alpha value is -1.66. The summed E-state index contributed by atoms with van der Waals surface area (Å²) in [7, 11) is 0.977. The topological polar surface area (TPSA) is 52.1 Å². The zero-order valence-electron chi connectivity index (χ0n) is 7.00. The molecule has 0 fully saturated rings. The highest BCUT2D eigenvalue weighted by Gasteiger charge is 2.36. The van der Waals surface area contributed by atoms with Crippen LogP contribution in [0.3, 0.4) is 0 Å². The Bertz CT molecular complexity index is 351. The van der Waals surface area contributed by atoms with E-state index in [0.29, 0.717) is 6.20 Å². The Balaban J connectivity index is 3.23. The highest BCUT2D eigenvalue weighted by Crippen LogP contribution is 2.30. The molecule has 1 aromatic rings. The lowest BCUT2D eigenvalue weighted by Gasteiger charge is -2.08. The van der Waals surface area contributed by atoms with E-state index in [1.54, 1.807) is 0 Å². The number of esters is 1. The first-order chi connectivity index (χ1) is 6.46. The molecule has 0 amide bonds. The molecule has 0 spiro atoms. The molecule has 7 heteroatoms. The van der Waals surface area contributed by atoms with Crippen LogP contribution >= 0.6 is 0 Å². The summed E-state index contributed by atoms with van der Waals surface area (Å²) in [5.41, 5.74) is -1.98. The van der Waals surface area contributed by atoms with Crippen molar-refractivity contribution >= 4 is 5.97 Å². The Labute approximate surface area is 76.7 Å². The van der Waals surface area contributed by atoms with Crippen molar-refractivity contribution in [1.82, 2.24) is 9.97 Å². The van der Waals surface area contributed by atoms with Gasteiger partial charge >= 0.3 is 12.1 Å². The molecule has 0 bridgehead atoms. The van der Waals surface area contributed by atoms with Gasteiger partial charge in [-0.2, -0.15) is 13.2 Å². The fourth-order valence-corrected chi connectivity index (χ4v) is 0.796. The van der Waals surface area contributed by atoms with E-state index in [4.69, 9.17) is 0 Å². The molecule has 14 heavy (non-hydrogen) atoms. The summed E-state index contributed by atoms with van der Waals surface area (Å²) in [6.07, 6.45) is -3.29. The van der Waals surface area contributed by atoms with E-state index in [1.807, 2.05) is 0 Å². The van der Waals surface area contributed by atoms with Crippen LogP contribution in [0.25, 0.3) is 0 Å². The lowest BCUT2D eigenvalue weighted by molar-refractivity contribution is -0.138. The minimum absolute atomic E-state index is 0.527. The summed E-state index contributed by atoms with van der Waals surface area (Å²) in [5, 5.41) is 0. The fourth-order valence-electron chi connectivity index (χ4n) is 0.796. The van der Waals surface area contributed by atoms with Gasteiger partial charge in [-0.15, -0.1) is 0 Å². The van der Waals surface area contributed by atoms with Crippen molar-refractivity contribution in [2.24, 2.45) is 0 Å². The molecule has 4 nitrogen and oxygen atoms in total. The maximum absolute atomic E-state index is 12.3. The van der Waals surface area contributed by atoms with E-state index >= 15 is 0 Å². The fraction of sp³-hybridized carbons (Fsp3) is 0.286. The molecule has 0 aromatic carbocycles. The van der Waals surface area contributed by atoms with Gasteiger partial charge < -0.3 is 4.74 Å². The molecule has 1 heterocycles. The average Bonchev–Trinajstić information content (AvgIpc) is 2.15. The van der Waals surface area contributed by atoms with E-state index in [0.717, 1.165) is 13.4 Å². The maximum Gasteiger partial charge on any atom is 0.420 e. The van der Waals surface area contributed by atoms with Crippen molar-refractivity contribution in [3.63, 3.8) is 0 Å². The molecule has 0 atom stereocenters. The number of methoxy groups -OCH3 is 1. The molecule has 76 valence electrons. The summed E-state index contributed by atoms with van der Waals surface area (Å²) in [6.45, 7) is 0. The molecule has 1 rings (SSSR count). The van der Waals surface area contributed by atoms with Crippen molar-refractivity contribution in [2.45, 2.75) is 6.18 Å². The van der Waals surface area contributed by atoms with Crippen LogP contribution in [-0.2, 0) is 10.9 Å². The predicted molar refractivity (Wildman–Crippen MR) is 38.4 cm³/mol. The largest absolute Gasteiger partial charge is 0.464 e. The number of hydrogen-bond acceptors (Lipinski definition) is 4. The number of aromatic nitrogens is 2. The second-order valence-electron chi connectivity index (χ2n) is 2.27. The Morgan fingerprint density at radius 2 is 2.14 bits per heavy atom. The molecule has 0 radical (unpaired) electrons. The lowest BCUT2D eigenvalue weighted by atomic mass is 10.2. The zero-order chi connectivity index (χ0) is 10.8. The average molecular weight is 206 g/mol. The normalized spacial score (nSPS) is 11.1. The SMILES string of the molecule is COC(=O)c1ncncc1C(F)(F)F. The molecular formula is C7H5F3N2O2. The highest BCUT2D eigenvalue weighted by atomic mass is 19.4. The molecule has 1 aromatic heterocycles. The van der Waals surface area contributed by atoms with Crippen LogP contribution in [-0.4, -0.2) is 23.0 Å². The van der Waals surface area contributed by atoms with Crippen molar-refractivity contribution < 1.29 is 22.7 Å². The molecule has 0 saturated heterocycles. The van der Waals surface area contributed by atoms with Gasteiger partial charge in [-0.05, 0) is 0 Å². The Kier molecular flexibility index (Phi) is 2.68. The molecule has 0 aliphatic carbocycles. The molecule has 0 saturated carbocycles. The third-order valence-corrected chi connectivity index (χ3v) is 1.40. The third-order valence-electron chi connectivity index (χ3n) is 1.40. The number of carbonyl (C=O) groups excluding carboxylic acids is 1. The number of halogens is 3. The van der Waals surface area contributed by atoms with Crippen molar-refractivity contribution in [3.8, 4) is 0 Å². The minimum atomic E-state index is -4.66.